The van der Waals surface area contributed by atoms with Crippen molar-refractivity contribution in [3.63, 3.8) is 0 Å². The Morgan fingerprint density at radius 3 is 2.33 bits per heavy atom. The molecule has 0 radical (unpaired) electrons. The molecule has 5 heteroatoms. The molecule has 4 aromatic rings. The summed E-state index contributed by atoms with van der Waals surface area (Å²) in [5.41, 5.74) is 3.10. The Morgan fingerprint density at radius 2 is 1.58 bits per heavy atom. The first-order valence-electron chi connectivity index (χ1n) is 7.35. The van der Waals surface area contributed by atoms with E-state index in [1.54, 1.807) is 18.2 Å². The Bertz CT molecular complexity index is 1040. The highest BCUT2D eigenvalue weighted by atomic mass is 35.5. The van der Waals surface area contributed by atoms with E-state index in [4.69, 9.17) is 28.2 Å². The topological polar surface area (TPSA) is 37.5 Å². The van der Waals surface area contributed by atoms with Gasteiger partial charge in [0, 0.05) is 27.4 Å². The van der Waals surface area contributed by atoms with Gasteiger partial charge in [0.05, 0.1) is 5.52 Å². The number of halogens is 2. The third kappa shape index (κ3) is 2.52. The van der Waals surface area contributed by atoms with Gasteiger partial charge in [0.1, 0.15) is 17.3 Å². The number of pyridine rings is 1. The highest BCUT2D eigenvalue weighted by Gasteiger charge is 2.16. The molecule has 0 aliphatic rings. The lowest BCUT2D eigenvalue weighted by atomic mass is 10.1. The number of para-hydroxylation sites is 1. The highest BCUT2D eigenvalue weighted by Crippen LogP contribution is 2.35. The molecule has 3 nitrogen and oxygen atoms in total. The summed E-state index contributed by atoms with van der Waals surface area (Å²) in [6, 6.07) is 18.3. The van der Waals surface area contributed by atoms with Gasteiger partial charge in [-0.05, 0) is 42.5 Å². The Labute approximate surface area is 148 Å². The summed E-state index contributed by atoms with van der Waals surface area (Å²) in [4.78, 5) is 4.76. The average Bonchev–Trinajstić information content (AvgIpc) is 2.94. The van der Waals surface area contributed by atoms with E-state index in [-0.39, 0.29) is 5.75 Å². The van der Waals surface area contributed by atoms with Crippen LogP contribution in [-0.2, 0) is 0 Å². The van der Waals surface area contributed by atoms with Crippen molar-refractivity contribution >= 4 is 28.7 Å². The molecule has 2 heterocycles. The summed E-state index contributed by atoms with van der Waals surface area (Å²) in [6.07, 6.45) is 1.93. The molecule has 0 spiro atoms. The second-order valence-electron chi connectivity index (χ2n) is 5.42. The Hall–Kier alpha value is -2.49. The Balaban J connectivity index is 2.03. The van der Waals surface area contributed by atoms with E-state index in [0.29, 0.717) is 27.1 Å². The number of rotatable bonds is 2. The standard InChI is InChI=1S/C19H12Cl2N2O/c20-13-9-12(10-14(21)11-13)19-22-18(15-5-1-2-7-17(15)24)16-6-3-4-8-23(16)19/h1-11,24H. The van der Waals surface area contributed by atoms with Crippen LogP contribution in [0.15, 0.2) is 66.9 Å². The van der Waals surface area contributed by atoms with Gasteiger partial charge in [-0.3, -0.25) is 4.40 Å². The van der Waals surface area contributed by atoms with Gasteiger partial charge >= 0.3 is 0 Å². The van der Waals surface area contributed by atoms with E-state index < -0.39 is 0 Å². The lowest BCUT2D eigenvalue weighted by molar-refractivity contribution is 0.477. The van der Waals surface area contributed by atoms with E-state index in [2.05, 4.69) is 0 Å². The van der Waals surface area contributed by atoms with Gasteiger partial charge < -0.3 is 5.11 Å². The lowest BCUT2D eigenvalue weighted by Gasteiger charge is -2.02. The highest BCUT2D eigenvalue weighted by molar-refractivity contribution is 6.35. The van der Waals surface area contributed by atoms with Crippen LogP contribution in [0.2, 0.25) is 10.0 Å². The zero-order chi connectivity index (χ0) is 16.7. The molecule has 0 saturated heterocycles. The Morgan fingerprint density at radius 1 is 0.875 bits per heavy atom. The first-order chi connectivity index (χ1) is 11.6. The van der Waals surface area contributed by atoms with Crippen molar-refractivity contribution in [3.8, 4) is 28.4 Å². The normalized spacial score (nSPS) is 11.1. The molecule has 0 fully saturated rings. The Kier molecular flexibility index (Phi) is 3.68. The number of phenolic OH excluding ortho intramolecular Hbond substituents is 1. The summed E-state index contributed by atoms with van der Waals surface area (Å²) >= 11 is 12.3. The molecule has 118 valence electrons. The molecule has 24 heavy (non-hydrogen) atoms. The number of benzene rings is 2. The smallest absolute Gasteiger partial charge is 0.145 e. The lowest BCUT2D eigenvalue weighted by Crippen LogP contribution is -1.88. The summed E-state index contributed by atoms with van der Waals surface area (Å²) in [5.74, 6) is 0.908. The van der Waals surface area contributed by atoms with E-state index in [0.717, 1.165) is 11.1 Å². The maximum atomic E-state index is 10.2. The number of aromatic hydroxyl groups is 1. The molecule has 2 aromatic carbocycles. The summed E-state index contributed by atoms with van der Waals surface area (Å²) < 4.78 is 1.96. The van der Waals surface area contributed by atoms with Crippen molar-refractivity contribution in [2.24, 2.45) is 0 Å². The fourth-order valence-electron chi connectivity index (χ4n) is 2.80. The molecule has 0 unspecified atom stereocenters. The van der Waals surface area contributed by atoms with Crippen LogP contribution in [0.5, 0.6) is 5.75 Å². The molecule has 2 aromatic heterocycles. The van der Waals surface area contributed by atoms with Gasteiger partial charge in [-0.25, -0.2) is 4.98 Å². The first-order valence-corrected chi connectivity index (χ1v) is 8.11. The molecule has 0 saturated carbocycles. The molecule has 0 aliphatic heterocycles. The van der Waals surface area contributed by atoms with Crippen molar-refractivity contribution in [3.05, 3.63) is 76.9 Å². The van der Waals surface area contributed by atoms with Crippen molar-refractivity contribution in [1.29, 1.82) is 0 Å². The molecule has 4 rings (SSSR count). The van der Waals surface area contributed by atoms with Gasteiger partial charge in [-0.2, -0.15) is 0 Å². The van der Waals surface area contributed by atoms with Gasteiger partial charge in [0.25, 0.3) is 0 Å². The van der Waals surface area contributed by atoms with Crippen LogP contribution in [0.3, 0.4) is 0 Å². The number of aromatic nitrogens is 2. The molecule has 0 aliphatic carbocycles. The number of hydrogen-bond donors (Lipinski definition) is 1. The number of nitrogens with zero attached hydrogens (tertiary/aromatic N) is 2. The third-order valence-electron chi connectivity index (χ3n) is 3.83. The van der Waals surface area contributed by atoms with Crippen LogP contribution in [-0.4, -0.2) is 14.5 Å². The predicted octanol–water partition coefficient (Wildman–Crippen LogP) is 5.68. The van der Waals surface area contributed by atoms with Crippen LogP contribution < -0.4 is 0 Å². The maximum absolute atomic E-state index is 10.2. The fraction of sp³-hybridized carbons (Fsp3) is 0. The molecule has 0 bridgehead atoms. The minimum atomic E-state index is 0.192. The van der Waals surface area contributed by atoms with Crippen LogP contribution in [0, 0.1) is 0 Å². The number of hydrogen-bond acceptors (Lipinski definition) is 2. The van der Waals surface area contributed by atoms with Gasteiger partial charge in [-0.15, -0.1) is 0 Å². The summed E-state index contributed by atoms with van der Waals surface area (Å²) in [6.45, 7) is 0. The van der Waals surface area contributed by atoms with Crippen LogP contribution in [0.25, 0.3) is 28.2 Å². The summed E-state index contributed by atoms with van der Waals surface area (Å²) in [5, 5.41) is 11.3. The monoisotopic (exact) mass is 354 g/mol. The average molecular weight is 355 g/mol. The summed E-state index contributed by atoms with van der Waals surface area (Å²) in [7, 11) is 0. The second kappa shape index (κ2) is 5.86. The number of phenols is 1. The zero-order valence-electron chi connectivity index (χ0n) is 12.4. The minimum absolute atomic E-state index is 0.192. The SMILES string of the molecule is Oc1ccccc1-c1nc(-c2cc(Cl)cc(Cl)c2)n2ccccc12. The van der Waals surface area contributed by atoms with Crippen LogP contribution in [0.1, 0.15) is 0 Å². The van der Waals surface area contributed by atoms with E-state index in [1.165, 1.54) is 0 Å². The number of fused-ring (bicyclic) bond motifs is 1. The van der Waals surface area contributed by atoms with Crippen molar-refractivity contribution in [2.45, 2.75) is 0 Å². The van der Waals surface area contributed by atoms with Crippen LogP contribution in [0.4, 0.5) is 0 Å². The van der Waals surface area contributed by atoms with Crippen molar-refractivity contribution < 1.29 is 5.11 Å². The van der Waals surface area contributed by atoms with E-state index in [9.17, 15) is 5.11 Å². The zero-order valence-corrected chi connectivity index (χ0v) is 14.0. The molecular formula is C19H12Cl2N2O. The molecule has 1 N–H and O–H groups in total. The predicted molar refractivity (Wildman–Crippen MR) is 97.7 cm³/mol. The van der Waals surface area contributed by atoms with Gasteiger partial charge in [-0.1, -0.05) is 41.4 Å². The molecular weight excluding hydrogens is 343 g/mol. The largest absolute Gasteiger partial charge is 0.507 e. The van der Waals surface area contributed by atoms with Gasteiger partial charge in [0.15, 0.2) is 0 Å². The second-order valence-corrected chi connectivity index (χ2v) is 6.29. The molecule has 0 atom stereocenters. The third-order valence-corrected chi connectivity index (χ3v) is 4.26. The van der Waals surface area contributed by atoms with E-state index in [1.807, 2.05) is 53.1 Å². The van der Waals surface area contributed by atoms with Crippen molar-refractivity contribution in [1.82, 2.24) is 9.38 Å². The first kappa shape index (κ1) is 15.1. The van der Waals surface area contributed by atoms with Crippen LogP contribution >= 0.6 is 23.2 Å². The minimum Gasteiger partial charge on any atom is -0.507 e. The number of imidazole rings is 1. The van der Waals surface area contributed by atoms with E-state index >= 15 is 0 Å². The molecule has 0 amide bonds. The fourth-order valence-corrected chi connectivity index (χ4v) is 3.32. The maximum Gasteiger partial charge on any atom is 0.145 e. The van der Waals surface area contributed by atoms with Crippen molar-refractivity contribution in [2.75, 3.05) is 0 Å². The quantitative estimate of drug-likeness (QED) is 0.502. The van der Waals surface area contributed by atoms with Gasteiger partial charge in [0.2, 0.25) is 0 Å².